The molecule has 0 aliphatic carbocycles. The molecular formula is C14H9N3O2S. The fourth-order valence-electron chi connectivity index (χ4n) is 2.52. The Morgan fingerprint density at radius 1 is 1.25 bits per heavy atom. The van der Waals surface area contributed by atoms with Gasteiger partial charge in [-0.25, -0.2) is 9.38 Å². The monoisotopic (exact) mass is 283 g/mol. The van der Waals surface area contributed by atoms with Gasteiger partial charge >= 0.3 is 0 Å². The van der Waals surface area contributed by atoms with Gasteiger partial charge in [-0.1, -0.05) is 0 Å². The highest BCUT2D eigenvalue weighted by atomic mass is 32.1. The van der Waals surface area contributed by atoms with Gasteiger partial charge in [0.05, 0.1) is 16.6 Å². The lowest BCUT2D eigenvalue weighted by Crippen LogP contribution is -2.13. The third kappa shape index (κ3) is 1.28. The number of thiophene rings is 1. The van der Waals surface area contributed by atoms with E-state index in [1.54, 1.807) is 22.6 Å². The summed E-state index contributed by atoms with van der Waals surface area (Å²) in [6.45, 7) is 0. The van der Waals surface area contributed by atoms with Gasteiger partial charge in [-0.2, -0.15) is 0 Å². The standard InChI is InChI=1S/C14H9N3O2S/c1-16-11-6-8(7-18)2-3-10(11)17-13(19)12-9(4-5-20-12)15-14(16)17/h2-7H,1H3. The average molecular weight is 283 g/mol. The van der Waals surface area contributed by atoms with E-state index in [0.717, 1.165) is 17.3 Å². The number of hydrogen-bond acceptors (Lipinski definition) is 4. The van der Waals surface area contributed by atoms with E-state index in [-0.39, 0.29) is 5.56 Å². The Labute approximate surface area is 116 Å². The van der Waals surface area contributed by atoms with Crippen molar-refractivity contribution in [3.05, 3.63) is 45.6 Å². The van der Waals surface area contributed by atoms with Crippen LogP contribution < -0.4 is 5.56 Å². The number of benzene rings is 1. The second-order valence-electron chi connectivity index (χ2n) is 4.61. The molecule has 0 saturated heterocycles. The van der Waals surface area contributed by atoms with Gasteiger partial charge in [0.1, 0.15) is 11.0 Å². The molecule has 0 saturated carbocycles. The third-order valence-corrected chi connectivity index (χ3v) is 4.39. The van der Waals surface area contributed by atoms with Crippen molar-refractivity contribution in [1.82, 2.24) is 14.0 Å². The highest BCUT2D eigenvalue weighted by Gasteiger charge is 2.14. The second-order valence-corrected chi connectivity index (χ2v) is 5.53. The minimum atomic E-state index is -0.0653. The summed E-state index contributed by atoms with van der Waals surface area (Å²) in [4.78, 5) is 28.0. The summed E-state index contributed by atoms with van der Waals surface area (Å²) in [5.74, 6) is 0.582. The number of aryl methyl sites for hydroxylation is 1. The van der Waals surface area contributed by atoms with Gasteiger partial charge in [0.15, 0.2) is 0 Å². The van der Waals surface area contributed by atoms with Crippen LogP contribution in [-0.4, -0.2) is 20.2 Å². The van der Waals surface area contributed by atoms with Crippen molar-refractivity contribution < 1.29 is 4.79 Å². The Morgan fingerprint density at radius 2 is 2.10 bits per heavy atom. The molecule has 4 rings (SSSR count). The van der Waals surface area contributed by atoms with E-state index in [0.29, 0.717) is 21.6 Å². The quantitative estimate of drug-likeness (QED) is 0.503. The smallest absolute Gasteiger partial charge is 0.277 e. The van der Waals surface area contributed by atoms with E-state index in [2.05, 4.69) is 4.98 Å². The zero-order valence-corrected chi connectivity index (χ0v) is 11.3. The molecule has 0 fully saturated rings. The molecule has 0 N–H and O–H groups in total. The van der Waals surface area contributed by atoms with Gasteiger partial charge in [0, 0.05) is 12.6 Å². The van der Waals surface area contributed by atoms with Crippen LogP contribution in [0.2, 0.25) is 0 Å². The van der Waals surface area contributed by atoms with Crippen molar-refractivity contribution in [2.75, 3.05) is 0 Å². The highest BCUT2D eigenvalue weighted by molar-refractivity contribution is 7.17. The zero-order valence-electron chi connectivity index (χ0n) is 10.5. The van der Waals surface area contributed by atoms with Crippen LogP contribution in [0.15, 0.2) is 34.4 Å². The summed E-state index contributed by atoms with van der Waals surface area (Å²) in [5.41, 5.74) is 2.81. The SMILES string of the molecule is Cn1c2cc(C=O)ccc2n2c(=O)c3sccc3nc12. The number of imidazole rings is 1. The lowest BCUT2D eigenvalue weighted by atomic mass is 10.2. The van der Waals surface area contributed by atoms with Crippen LogP contribution >= 0.6 is 11.3 Å². The van der Waals surface area contributed by atoms with Crippen LogP contribution in [0.3, 0.4) is 0 Å². The Hall–Kier alpha value is -2.47. The van der Waals surface area contributed by atoms with Crippen molar-refractivity contribution in [2.24, 2.45) is 7.05 Å². The largest absolute Gasteiger partial charge is 0.313 e. The number of carbonyl (C=O) groups excluding carboxylic acids is 1. The summed E-state index contributed by atoms with van der Waals surface area (Å²) in [5, 5.41) is 1.87. The molecule has 0 aliphatic heterocycles. The molecule has 0 aliphatic rings. The van der Waals surface area contributed by atoms with Crippen molar-refractivity contribution >= 4 is 44.7 Å². The molecule has 0 radical (unpaired) electrons. The molecule has 0 spiro atoms. The predicted octanol–water partition coefficient (Wildman–Crippen LogP) is 2.21. The van der Waals surface area contributed by atoms with E-state index in [9.17, 15) is 9.59 Å². The first-order valence-electron chi connectivity index (χ1n) is 6.04. The lowest BCUT2D eigenvalue weighted by molar-refractivity contribution is 0.112. The van der Waals surface area contributed by atoms with E-state index in [1.165, 1.54) is 11.3 Å². The number of nitrogens with zero attached hydrogens (tertiary/aromatic N) is 3. The average Bonchev–Trinajstić information content (AvgIpc) is 3.04. The van der Waals surface area contributed by atoms with Crippen molar-refractivity contribution in [3.8, 4) is 0 Å². The first kappa shape index (κ1) is 11.4. The maximum absolute atomic E-state index is 12.6. The Bertz CT molecular complexity index is 1060. The van der Waals surface area contributed by atoms with E-state index in [4.69, 9.17) is 0 Å². The predicted molar refractivity (Wildman–Crippen MR) is 78.7 cm³/mol. The molecule has 98 valence electrons. The minimum absolute atomic E-state index is 0.0653. The lowest BCUT2D eigenvalue weighted by Gasteiger charge is -1.96. The van der Waals surface area contributed by atoms with Crippen LogP contribution in [0, 0.1) is 0 Å². The molecular weight excluding hydrogens is 274 g/mol. The van der Waals surface area contributed by atoms with Crippen molar-refractivity contribution in [2.45, 2.75) is 0 Å². The zero-order chi connectivity index (χ0) is 13.9. The normalized spacial score (nSPS) is 11.7. The van der Waals surface area contributed by atoms with Gasteiger partial charge in [-0.3, -0.25) is 9.59 Å². The second kappa shape index (κ2) is 3.77. The van der Waals surface area contributed by atoms with Gasteiger partial charge in [-0.05, 0) is 29.6 Å². The molecule has 0 bridgehead atoms. The van der Waals surface area contributed by atoms with Crippen LogP contribution in [0.25, 0.3) is 27.0 Å². The van der Waals surface area contributed by atoms with E-state index in [1.807, 2.05) is 23.1 Å². The number of fused-ring (bicyclic) bond motifs is 4. The molecule has 20 heavy (non-hydrogen) atoms. The molecule has 3 heterocycles. The maximum Gasteiger partial charge on any atom is 0.277 e. The highest BCUT2D eigenvalue weighted by Crippen LogP contribution is 2.22. The minimum Gasteiger partial charge on any atom is -0.313 e. The van der Waals surface area contributed by atoms with Crippen LogP contribution in [0.4, 0.5) is 0 Å². The Morgan fingerprint density at radius 3 is 2.90 bits per heavy atom. The molecule has 1 aromatic carbocycles. The maximum atomic E-state index is 12.6. The Kier molecular flexibility index (Phi) is 2.14. The van der Waals surface area contributed by atoms with Gasteiger partial charge < -0.3 is 4.57 Å². The molecule has 0 atom stereocenters. The first-order valence-corrected chi connectivity index (χ1v) is 6.92. The number of aromatic nitrogens is 3. The summed E-state index contributed by atoms with van der Waals surface area (Å²) >= 11 is 1.39. The molecule has 5 nitrogen and oxygen atoms in total. The van der Waals surface area contributed by atoms with Crippen LogP contribution in [-0.2, 0) is 7.05 Å². The van der Waals surface area contributed by atoms with Gasteiger partial charge in [0.25, 0.3) is 5.56 Å². The molecule has 3 aromatic heterocycles. The molecule has 0 unspecified atom stereocenters. The topological polar surface area (TPSA) is 56.4 Å². The summed E-state index contributed by atoms with van der Waals surface area (Å²) in [6.07, 6.45) is 0.798. The molecule has 0 amide bonds. The number of rotatable bonds is 1. The third-order valence-electron chi connectivity index (χ3n) is 3.50. The van der Waals surface area contributed by atoms with E-state index >= 15 is 0 Å². The fourth-order valence-corrected chi connectivity index (χ4v) is 3.28. The number of aldehydes is 1. The number of carbonyl (C=O) groups is 1. The summed E-state index contributed by atoms with van der Waals surface area (Å²) in [6, 6.07) is 7.11. The fraction of sp³-hybridized carbons (Fsp3) is 0.0714. The first-order chi connectivity index (χ1) is 9.70. The van der Waals surface area contributed by atoms with Gasteiger partial charge in [-0.15, -0.1) is 11.3 Å². The Balaban J connectivity index is 2.34. The van der Waals surface area contributed by atoms with E-state index < -0.39 is 0 Å². The summed E-state index contributed by atoms with van der Waals surface area (Å²) < 4.78 is 4.08. The number of hydrogen-bond donors (Lipinski definition) is 0. The van der Waals surface area contributed by atoms with Crippen LogP contribution in [0.5, 0.6) is 0 Å². The summed E-state index contributed by atoms with van der Waals surface area (Å²) in [7, 11) is 1.84. The molecule has 6 heteroatoms. The molecule has 4 aromatic rings. The van der Waals surface area contributed by atoms with Crippen molar-refractivity contribution in [3.63, 3.8) is 0 Å². The van der Waals surface area contributed by atoms with Gasteiger partial charge in [0.2, 0.25) is 5.78 Å². The van der Waals surface area contributed by atoms with Crippen LogP contribution in [0.1, 0.15) is 10.4 Å². The van der Waals surface area contributed by atoms with Crippen molar-refractivity contribution in [1.29, 1.82) is 0 Å².